The summed E-state index contributed by atoms with van der Waals surface area (Å²) in [6, 6.07) is 14.4. The summed E-state index contributed by atoms with van der Waals surface area (Å²) in [5.74, 6) is -4.18. The standard InChI is InChI=1S/C50H67N7O9/c1-5-6-8-33-10-13-37(31(2)25-33)49(63)55-40(17-22-58)43(60)30-36(16-19-52)50(64)57(4)47-35-12-15-46(66-24-21-54)39(29-35)38-27-34(11-14-45(38)65-23-20-53)28-41(42(59)9-7-18-51)56-48(62)32(3)26-44(47)61/h10-15,25,27,29,32,36,40-41,47,58H,5-9,16-17,19-24,26,28,30,52-54H2,1-4H3,(H,55,63)(H,56,62)/t32-,36-,40+,41+,47+/m1/s1. The number of fused-ring (bicyclic) bond motifs is 5. The van der Waals surface area contributed by atoms with Crippen LogP contribution in [-0.2, 0) is 36.8 Å². The molecule has 1 heterocycles. The van der Waals surface area contributed by atoms with E-state index < -0.39 is 65.9 Å². The largest absolute Gasteiger partial charge is 0.492 e. The molecule has 4 bridgehead atoms. The van der Waals surface area contributed by atoms with Crippen LogP contribution in [0.15, 0.2) is 54.6 Å². The van der Waals surface area contributed by atoms with E-state index >= 15 is 0 Å². The van der Waals surface area contributed by atoms with Gasteiger partial charge < -0.3 is 47.3 Å². The average molecular weight is 910 g/mol. The maximum Gasteiger partial charge on any atom is 0.252 e. The number of carbonyl (C=O) groups is 6. The maximum atomic E-state index is 14.8. The van der Waals surface area contributed by atoms with Crippen molar-refractivity contribution in [2.75, 3.05) is 46.5 Å². The minimum atomic E-state index is -1.30. The van der Waals surface area contributed by atoms with Gasteiger partial charge >= 0.3 is 0 Å². The number of aliphatic hydroxyl groups excluding tert-OH is 1. The molecule has 0 unspecified atom stereocenters. The highest BCUT2D eigenvalue weighted by Crippen LogP contribution is 2.41. The fourth-order valence-electron chi connectivity index (χ4n) is 8.22. The molecule has 0 saturated carbocycles. The molecule has 1 aliphatic rings. The SMILES string of the molecule is CCCCc1ccc(C(=O)N[C@@H](CCO)C(=O)C[C@@H](CCN)C(=O)N(C)[C@@H]2C(=O)C[C@@H](C)C(=O)N[C@H](C(=O)CCC#N)Cc3ccc(OCCN)c(c3)-c3cc2ccc3OCCN)c(C)c1. The minimum Gasteiger partial charge on any atom is -0.492 e. The Balaban J connectivity index is 1.78. The predicted octanol–water partition coefficient (Wildman–Crippen LogP) is 3.79. The van der Waals surface area contributed by atoms with Gasteiger partial charge in [-0.25, -0.2) is 0 Å². The number of hydrogen-bond donors (Lipinski definition) is 6. The van der Waals surface area contributed by atoms with Crippen LogP contribution < -0.4 is 37.3 Å². The fourth-order valence-corrected chi connectivity index (χ4v) is 8.22. The van der Waals surface area contributed by atoms with Crippen LogP contribution in [0.3, 0.4) is 0 Å². The third kappa shape index (κ3) is 14.3. The van der Waals surface area contributed by atoms with Crippen molar-refractivity contribution in [1.29, 1.82) is 5.26 Å². The van der Waals surface area contributed by atoms with Gasteiger partial charge in [0.25, 0.3) is 5.91 Å². The van der Waals surface area contributed by atoms with E-state index in [1.54, 1.807) is 49.4 Å². The second-order valence-corrected chi connectivity index (χ2v) is 16.9. The number of nitriles is 1. The molecule has 16 heteroatoms. The number of nitrogens with zero attached hydrogens (tertiary/aromatic N) is 2. The van der Waals surface area contributed by atoms with Crippen LogP contribution in [-0.4, -0.2) is 104 Å². The Bertz CT molecular complexity index is 2220. The van der Waals surface area contributed by atoms with Crippen molar-refractivity contribution in [2.45, 2.75) is 103 Å². The molecule has 16 nitrogen and oxygen atoms in total. The molecular weight excluding hydrogens is 843 g/mol. The third-order valence-corrected chi connectivity index (χ3v) is 11.8. The van der Waals surface area contributed by atoms with E-state index in [0.717, 1.165) is 30.4 Å². The highest BCUT2D eigenvalue weighted by Gasteiger charge is 2.37. The molecule has 0 aliphatic carbocycles. The van der Waals surface area contributed by atoms with Crippen LogP contribution in [0.2, 0.25) is 0 Å². The number of unbranched alkanes of at least 4 members (excludes halogenated alkanes) is 1. The van der Waals surface area contributed by atoms with Crippen LogP contribution in [0, 0.1) is 30.1 Å². The lowest BCUT2D eigenvalue weighted by Gasteiger charge is -2.32. The number of hydrogen-bond acceptors (Lipinski definition) is 13. The Morgan fingerprint density at radius 2 is 1.62 bits per heavy atom. The number of ether oxygens (including phenoxy) is 2. The summed E-state index contributed by atoms with van der Waals surface area (Å²) in [5, 5.41) is 24.8. The molecule has 0 saturated heterocycles. The van der Waals surface area contributed by atoms with Crippen molar-refractivity contribution < 1.29 is 43.3 Å². The molecule has 1 aliphatic heterocycles. The van der Waals surface area contributed by atoms with Crippen LogP contribution >= 0.6 is 0 Å². The topological polar surface area (TPSA) is 270 Å². The van der Waals surface area contributed by atoms with Gasteiger partial charge in [0.2, 0.25) is 11.8 Å². The van der Waals surface area contributed by atoms with Gasteiger partial charge in [-0.1, -0.05) is 44.5 Å². The molecule has 9 N–H and O–H groups in total. The number of benzene rings is 3. The number of rotatable bonds is 23. The van der Waals surface area contributed by atoms with E-state index in [1.165, 1.54) is 11.9 Å². The summed E-state index contributed by atoms with van der Waals surface area (Å²) < 4.78 is 12.2. The normalized spacial score (nSPS) is 17.0. The van der Waals surface area contributed by atoms with Gasteiger partial charge in [-0.05, 0) is 98.2 Å². The lowest BCUT2D eigenvalue weighted by atomic mass is 9.88. The lowest BCUT2D eigenvalue weighted by molar-refractivity contribution is -0.144. The molecule has 0 fully saturated rings. The van der Waals surface area contributed by atoms with Gasteiger partial charge in [-0.15, -0.1) is 0 Å². The first-order valence-corrected chi connectivity index (χ1v) is 22.9. The Hall–Kier alpha value is -5.99. The molecule has 3 amide bonds. The monoisotopic (exact) mass is 910 g/mol. The van der Waals surface area contributed by atoms with Crippen LogP contribution in [0.5, 0.6) is 11.5 Å². The molecule has 0 radical (unpaired) electrons. The number of amides is 3. The van der Waals surface area contributed by atoms with Crippen LogP contribution in [0.1, 0.15) is 104 Å². The van der Waals surface area contributed by atoms with E-state index in [-0.39, 0.29) is 83.6 Å². The molecule has 5 atom stereocenters. The summed E-state index contributed by atoms with van der Waals surface area (Å²) in [6.45, 7) is 5.78. The summed E-state index contributed by atoms with van der Waals surface area (Å²) in [4.78, 5) is 85.6. The molecule has 0 spiro atoms. The van der Waals surface area contributed by atoms with Gasteiger partial charge in [0.05, 0.1) is 18.2 Å². The number of Topliss-reactive ketones (excluding diaryl/α,β-unsaturated/α-hetero) is 3. The number of aliphatic hydroxyl groups is 1. The van der Waals surface area contributed by atoms with E-state index in [4.69, 9.17) is 26.7 Å². The number of carbonyl (C=O) groups excluding carboxylic acids is 6. The first-order valence-electron chi connectivity index (χ1n) is 22.9. The predicted molar refractivity (Wildman–Crippen MR) is 250 cm³/mol. The number of aryl methyl sites for hydroxylation is 2. The highest BCUT2D eigenvalue weighted by atomic mass is 16.5. The van der Waals surface area contributed by atoms with Gasteiger partial charge in [0, 0.05) is 81.0 Å². The molecule has 3 aromatic carbocycles. The summed E-state index contributed by atoms with van der Waals surface area (Å²) in [5.41, 5.74) is 22.0. The summed E-state index contributed by atoms with van der Waals surface area (Å²) >= 11 is 0. The maximum absolute atomic E-state index is 14.8. The molecule has 66 heavy (non-hydrogen) atoms. The van der Waals surface area contributed by atoms with Crippen molar-refractivity contribution in [2.24, 2.45) is 29.0 Å². The van der Waals surface area contributed by atoms with Gasteiger partial charge in [-0.2, -0.15) is 5.26 Å². The second-order valence-electron chi connectivity index (χ2n) is 16.9. The average Bonchev–Trinajstić information content (AvgIpc) is 3.30. The Kier molecular flexibility index (Phi) is 20.9. The van der Waals surface area contributed by atoms with Crippen molar-refractivity contribution in [1.82, 2.24) is 15.5 Å². The van der Waals surface area contributed by atoms with Crippen molar-refractivity contribution in [3.8, 4) is 28.7 Å². The Morgan fingerprint density at radius 1 is 0.939 bits per heavy atom. The van der Waals surface area contributed by atoms with Crippen molar-refractivity contribution in [3.05, 3.63) is 82.4 Å². The summed E-state index contributed by atoms with van der Waals surface area (Å²) in [7, 11) is 1.45. The first-order chi connectivity index (χ1) is 31.7. The molecule has 0 aromatic heterocycles. The van der Waals surface area contributed by atoms with Crippen LogP contribution in [0.4, 0.5) is 0 Å². The second kappa shape index (κ2) is 26.2. The molecule has 356 valence electrons. The number of ketones is 3. The van der Waals surface area contributed by atoms with E-state index in [2.05, 4.69) is 17.6 Å². The van der Waals surface area contributed by atoms with Gasteiger partial charge in [0.15, 0.2) is 17.3 Å². The van der Waals surface area contributed by atoms with Crippen LogP contribution in [0.25, 0.3) is 11.1 Å². The van der Waals surface area contributed by atoms with Gasteiger partial charge in [0.1, 0.15) is 30.8 Å². The zero-order valence-corrected chi connectivity index (χ0v) is 38.7. The smallest absolute Gasteiger partial charge is 0.252 e. The quantitative estimate of drug-likeness (QED) is 0.0792. The molecule has 3 aromatic rings. The van der Waals surface area contributed by atoms with E-state index in [0.29, 0.717) is 39.3 Å². The van der Waals surface area contributed by atoms with E-state index in [9.17, 15) is 39.1 Å². The zero-order chi connectivity index (χ0) is 48.3. The molecule has 4 rings (SSSR count). The fraction of sp³-hybridized carbons (Fsp3) is 0.500. The minimum absolute atomic E-state index is 0.0153. The summed E-state index contributed by atoms with van der Waals surface area (Å²) in [6.07, 6.45) is 2.11. The number of nitrogens with two attached hydrogens (primary N) is 3. The first kappa shape index (κ1) is 52.6. The van der Waals surface area contributed by atoms with E-state index in [1.807, 2.05) is 25.1 Å². The van der Waals surface area contributed by atoms with Gasteiger partial charge in [-0.3, -0.25) is 28.8 Å². The third-order valence-electron chi connectivity index (χ3n) is 11.8. The molecular formula is C50H67N7O9. The lowest BCUT2D eigenvalue weighted by Crippen LogP contribution is -2.46. The van der Waals surface area contributed by atoms with Crippen molar-refractivity contribution >= 4 is 35.1 Å². The highest BCUT2D eigenvalue weighted by molar-refractivity contribution is 6.00. The number of nitrogens with one attached hydrogen (secondary N) is 2. The Labute approximate surface area is 387 Å². The Morgan fingerprint density at radius 3 is 2.24 bits per heavy atom. The zero-order valence-electron chi connectivity index (χ0n) is 38.7. The van der Waals surface area contributed by atoms with Crippen molar-refractivity contribution in [3.63, 3.8) is 0 Å². The number of likely N-dealkylation sites (N-methyl/N-ethyl adjacent to an activating group) is 1.